The summed E-state index contributed by atoms with van der Waals surface area (Å²) in [7, 11) is 4.38. The number of piperidine rings is 1. The Labute approximate surface area is 227 Å². The number of piperazine rings is 2. The zero-order valence-electron chi connectivity index (χ0n) is 23.6. The Hall–Kier alpha value is -2.01. The van der Waals surface area contributed by atoms with Gasteiger partial charge in [-0.3, -0.25) is 0 Å². The molecule has 38 heavy (non-hydrogen) atoms. The van der Waals surface area contributed by atoms with Crippen LogP contribution in [0, 0.1) is 0 Å². The third-order valence-corrected chi connectivity index (χ3v) is 8.57. The molecule has 3 fully saturated rings. The van der Waals surface area contributed by atoms with Crippen molar-refractivity contribution in [3.05, 3.63) is 29.8 Å². The van der Waals surface area contributed by atoms with Crippen LogP contribution in [0.3, 0.4) is 0 Å². The Kier molecular flexibility index (Phi) is 9.69. The fraction of sp³-hybridized carbons (Fsp3) is 0.690. The van der Waals surface area contributed by atoms with Gasteiger partial charge < -0.3 is 40.1 Å². The highest BCUT2D eigenvalue weighted by Gasteiger charge is 2.22. The van der Waals surface area contributed by atoms with Crippen molar-refractivity contribution >= 4 is 22.0 Å². The quantitative estimate of drug-likeness (QED) is 0.433. The number of nitrogens with zero attached hydrogens (tertiary/aromatic N) is 5. The van der Waals surface area contributed by atoms with Gasteiger partial charge in [-0.25, -0.2) is 4.98 Å². The normalized spacial score (nSPS) is 21.2. The van der Waals surface area contributed by atoms with Gasteiger partial charge in [0.15, 0.2) is 11.5 Å². The lowest BCUT2D eigenvalue weighted by Gasteiger charge is -2.32. The molecule has 0 atom stereocenters. The van der Waals surface area contributed by atoms with E-state index in [1.807, 2.05) is 0 Å². The van der Waals surface area contributed by atoms with Gasteiger partial charge in [0.1, 0.15) is 5.52 Å². The van der Waals surface area contributed by atoms with E-state index < -0.39 is 0 Å². The predicted octanol–water partition coefficient (Wildman–Crippen LogP) is 2.15. The second kappa shape index (κ2) is 13.4. The van der Waals surface area contributed by atoms with Crippen LogP contribution in [0.2, 0.25) is 0 Å². The smallest absolute Gasteiger partial charge is 0.196 e. The second-order valence-corrected chi connectivity index (χ2v) is 11.4. The number of rotatable bonds is 7. The topological polar surface area (TPSA) is 92.8 Å². The van der Waals surface area contributed by atoms with E-state index in [0.717, 1.165) is 82.2 Å². The van der Waals surface area contributed by atoms with Crippen molar-refractivity contribution in [1.82, 2.24) is 34.9 Å². The summed E-state index contributed by atoms with van der Waals surface area (Å²) in [6, 6.07) is 4.20. The number of aromatic amines is 1. The van der Waals surface area contributed by atoms with Crippen molar-refractivity contribution in [1.29, 1.82) is 0 Å². The molecule has 5 heterocycles. The van der Waals surface area contributed by atoms with Crippen LogP contribution in [-0.2, 0) is 6.42 Å². The summed E-state index contributed by atoms with van der Waals surface area (Å²) in [5.41, 5.74) is 9.98. The predicted molar refractivity (Wildman–Crippen MR) is 156 cm³/mol. The van der Waals surface area contributed by atoms with Crippen LogP contribution in [0.15, 0.2) is 22.7 Å². The Morgan fingerprint density at radius 3 is 2.24 bits per heavy atom. The molecule has 0 bridgehead atoms. The highest BCUT2D eigenvalue weighted by atomic mass is 16.3. The van der Waals surface area contributed by atoms with Crippen molar-refractivity contribution in [3.63, 3.8) is 0 Å². The monoisotopic (exact) mass is 524 g/mol. The molecule has 1 aromatic carbocycles. The maximum absolute atomic E-state index is 6.13. The van der Waals surface area contributed by atoms with Crippen LogP contribution < -0.4 is 11.1 Å². The first-order chi connectivity index (χ1) is 18.6. The number of nitrogens with two attached hydrogens (primary N) is 1. The molecule has 0 saturated carbocycles. The van der Waals surface area contributed by atoms with Crippen LogP contribution in [-0.4, -0.2) is 129 Å². The summed E-state index contributed by atoms with van der Waals surface area (Å²) in [5, 5.41) is 4.74. The molecule has 0 radical (unpaired) electrons. The van der Waals surface area contributed by atoms with Crippen molar-refractivity contribution in [2.45, 2.75) is 31.6 Å². The maximum atomic E-state index is 6.13. The molecule has 9 nitrogen and oxygen atoms in total. The minimum absolute atomic E-state index is 0.607. The van der Waals surface area contributed by atoms with Gasteiger partial charge in [0.2, 0.25) is 0 Å². The van der Waals surface area contributed by atoms with Crippen LogP contribution in [0.5, 0.6) is 0 Å². The lowest BCUT2D eigenvalue weighted by Crippen LogP contribution is -2.45. The average Bonchev–Trinajstić information content (AvgIpc) is 3.57. The Morgan fingerprint density at radius 1 is 0.921 bits per heavy atom. The number of oxazole rings is 1. The van der Waals surface area contributed by atoms with E-state index in [4.69, 9.17) is 15.1 Å². The molecule has 210 valence electrons. The molecule has 3 aliphatic rings. The van der Waals surface area contributed by atoms with Crippen LogP contribution in [0.4, 0.5) is 0 Å². The standard InChI is InChI=1S/C21H29N5O.C8H19N3/c1-25-10-12-26(13-11-25)9-6-19-24-21-18(27-19)3-2-17-20(21)16(14-23-17)15-4-7-22-8-5-15;1-10-5-7-11(8-6-10)4-2-3-9/h2-3,14-15,22-23H,4-13H2,1H3;2-9H2,1H3. The van der Waals surface area contributed by atoms with Gasteiger partial charge >= 0.3 is 0 Å². The first-order valence-corrected chi connectivity index (χ1v) is 14.7. The van der Waals surface area contributed by atoms with Crippen LogP contribution in [0.1, 0.15) is 36.6 Å². The fourth-order valence-electron chi connectivity index (χ4n) is 5.95. The van der Waals surface area contributed by atoms with Gasteiger partial charge in [-0.05, 0) is 83.2 Å². The third kappa shape index (κ3) is 6.94. The summed E-state index contributed by atoms with van der Waals surface area (Å²) in [6.07, 6.45) is 6.60. The van der Waals surface area contributed by atoms with Crippen molar-refractivity contribution in [3.8, 4) is 0 Å². The van der Waals surface area contributed by atoms with Gasteiger partial charge in [-0.2, -0.15) is 0 Å². The van der Waals surface area contributed by atoms with E-state index in [2.05, 4.69) is 62.3 Å². The van der Waals surface area contributed by atoms with Gasteiger partial charge in [-0.1, -0.05) is 0 Å². The van der Waals surface area contributed by atoms with Crippen molar-refractivity contribution < 1.29 is 4.42 Å². The summed E-state index contributed by atoms with van der Waals surface area (Å²) >= 11 is 0. The molecular formula is C29H48N8O. The lowest BCUT2D eigenvalue weighted by molar-refractivity contribution is 0.153. The minimum atomic E-state index is 0.607. The number of hydrogen-bond donors (Lipinski definition) is 3. The molecule has 9 heteroatoms. The molecule has 0 spiro atoms. The number of benzene rings is 1. The maximum Gasteiger partial charge on any atom is 0.196 e. The van der Waals surface area contributed by atoms with Gasteiger partial charge in [-0.15, -0.1) is 0 Å². The Morgan fingerprint density at radius 2 is 1.58 bits per heavy atom. The molecule has 0 amide bonds. The third-order valence-electron chi connectivity index (χ3n) is 8.57. The molecule has 2 aromatic heterocycles. The van der Waals surface area contributed by atoms with Crippen molar-refractivity contribution in [2.75, 3.05) is 99.2 Å². The first kappa shape index (κ1) is 27.6. The summed E-state index contributed by atoms with van der Waals surface area (Å²) < 4.78 is 6.13. The Bertz CT molecular complexity index is 1120. The first-order valence-electron chi connectivity index (χ1n) is 14.7. The zero-order chi connectivity index (χ0) is 26.3. The number of likely N-dealkylation sites (N-methyl/N-ethyl adjacent to an activating group) is 2. The molecule has 6 rings (SSSR count). The number of aromatic nitrogens is 2. The van der Waals surface area contributed by atoms with Gasteiger partial charge in [0, 0.05) is 82.4 Å². The minimum Gasteiger partial charge on any atom is -0.441 e. The van der Waals surface area contributed by atoms with Gasteiger partial charge in [0.25, 0.3) is 0 Å². The second-order valence-electron chi connectivity index (χ2n) is 11.4. The van der Waals surface area contributed by atoms with E-state index >= 15 is 0 Å². The summed E-state index contributed by atoms with van der Waals surface area (Å²) in [6.45, 7) is 14.7. The lowest BCUT2D eigenvalue weighted by atomic mass is 9.90. The van der Waals surface area contributed by atoms with Crippen molar-refractivity contribution in [2.24, 2.45) is 5.73 Å². The summed E-state index contributed by atoms with van der Waals surface area (Å²) in [5.74, 6) is 1.48. The molecule has 3 aliphatic heterocycles. The molecule has 4 N–H and O–H groups in total. The molecule has 3 aromatic rings. The van der Waals surface area contributed by atoms with Crippen LogP contribution in [0.25, 0.3) is 22.0 Å². The van der Waals surface area contributed by atoms with E-state index in [0.29, 0.717) is 5.92 Å². The number of fused-ring (bicyclic) bond motifs is 3. The van der Waals surface area contributed by atoms with E-state index in [9.17, 15) is 0 Å². The zero-order valence-corrected chi connectivity index (χ0v) is 23.6. The number of nitrogens with one attached hydrogen (secondary N) is 2. The highest BCUT2D eigenvalue weighted by molar-refractivity contribution is 6.04. The molecule has 3 saturated heterocycles. The van der Waals surface area contributed by atoms with Gasteiger partial charge in [0.05, 0.1) is 0 Å². The van der Waals surface area contributed by atoms with E-state index in [1.54, 1.807) is 0 Å². The fourth-order valence-corrected chi connectivity index (χ4v) is 5.95. The largest absolute Gasteiger partial charge is 0.441 e. The van der Waals surface area contributed by atoms with Crippen LogP contribution >= 0.6 is 0 Å². The molecular weight excluding hydrogens is 476 g/mol. The average molecular weight is 525 g/mol. The summed E-state index contributed by atoms with van der Waals surface area (Å²) in [4.78, 5) is 18.2. The number of hydrogen-bond acceptors (Lipinski definition) is 8. The van der Waals surface area contributed by atoms with E-state index in [1.165, 1.54) is 62.0 Å². The molecule has 0 unspecified atom stereocenters. The Balaban J connectivity index is 0.000000226. The van der Waals surface area contributed by atoms with E-state index in [-0.39, 0.29) is 0 Å². The SMILES string of the molecule is CN1CCN(CCCN)CC1.CN1CCN(CCc2nc3c(ccc4[nH]cc(C5CCNCC5)c43)o2)CC1. The molecule has 0 aliphatic carbocycles. The highest BCUT2D eigenvalue weighted by Crippen LogP contribution is 2.35. The number of H-pyrrole nitrogens is 1.